The average molecular weight is 341 g/mol. The fraction of sp³-hybridized carbons (Fsp3) is 0.333. The third kappa shape index (κ3) is 3.20. The molecule has 0 saturated carbocycles. The third-order valence-corrected chi connectivity index (χ3v) is 5.48. The molecule has 124 valence electrons. The number of carbonyl (C=O) groups excluding carboxylic acids is 1. The smallest absolute Gasteiger partial charge is 0.234 e. The Morgan fingerprint density at radius 1 is 1.33 bits per heavy atom. The van der Waals surface area contributed by atoms with Crippen molar-refractivity contribution in [1.29, 1.82) is 0 Å². The number of nitrogens with zero attached hydrogens (tertiary/aromatic N) is 2. The van der Waals surface area contributed by atoms with Gasteiger partial charge in [0.15, 0.2) is 0 Å². The molecule has 3 heterocycles. The summed E-state index contributed by atoms with van der Waals surface area (Å²) >= 11 is 1.74. The van der Waals surface area contributed by atoms with Gasteiger partial charge in [-0.15, -0.1) is 11.3 Å². The van der Waals surface area contributed by atoms with Crippen LogP contribution in [0, 0.1) is 0 Å². The number of para-hydroxylation sites is 1. The average Bonchev–Trinajstić information content (AvgIpc) is 3.32. The molecule has 1 N–H and O–H groups in total. The summed E-state index contributed by atoms with van der Waals surface area (Å²) in [7, 11) is 0. The Morgan fingerprint density at radius 2 is 2.25 bits per heavy atom. The number of amides is 1. The zero-order valence-electron chi connectivity index (χ0n) is 13.3. The number of likely N-dealkylation sites (tertiary alicyclic amines) is 1. The number of hydrogen-bond acceptors (Lipinski definition) is 5. The molecule has 1 unspecified atom stereocenters. The highest BCUT2D eigenvalue weighted by Gasteiger charge is 2.29. The van der Waals surface area contributed by atoms with Gasteiger partial charge in [0, 0.05) is 0 Å². The quantitative estimate of drug-likeness (QED) is 0.773. The molecule has 1 aromatic carbocycles. The van der Waals surface area contributed by atoms with E-state index in [0.29, 0.717) is 13.1 Å². The minimum absolute atomic E-state index is 0.0272. The second-order valence-electron chi connectivity index (χ2n) is 6.00. The van der Waals surface area contributed by atoms with Crippen molar-refractivity contribution in [2.75, 3.05) is 13.1 Å². The molecule has 0 aliphatic carbocycles. The maximum Gasteiger partial charge on any atom is 0.234 e. The van der Waals surface area contributed by atoms with Crippen LogP contribution in [0.4, 0.5) is 0 Å². The third-order valence-electron chi connectivity index (χ3n) is 4.35. The van der Waals surface area contributed by atoms with Gasteiger partial charge in [-0.25, -0.2) is 4.98 Å². The molecule has 1 amide bonds. The molecule has 0 bridgehead atoms. The van der Waals surface area contributed by atoms with E-state index in [-0.39, 0.29) is 11.9 Å². The lowest BCUT2D eigenvalue weighted by Gasteiger charge is -2.21. The monoisotopic (exact) mass is 341 g/mol. The Hall–Kier alpha value is -2.18. The largest absolute Gasteiger partial charge is 0.467 e. The van der Waals surface area contributed by atoms with Gasteiger partial charge in [0.1, 0.15) is 10.8 Å². The van der Waals surface area contributed by atoms with Crippen molar-refractivity contribution >= 4 is 27.5 Å². The van der Waals surface area contributed by atoms with Gasteiger partial charge in [-0.1, -0.05) is 12.1 Å². The lowest BCUT2D eigenvalue weighted by molar-refractivity contribution is -0.122. The van der Waals surface area contributed by atoms with Gasteiger partial charge in [-0.3, -0.25) is 9.69 Å². The number of aromatic nitrogens is 1. The van der Waals surface area contributed by atoms with E-state index in [9.17, 15) is 4.79 Å². The van der Waals surface area contributed by atoms with Gasteiger partial charge in [0.2, 0.25) is 5.91 Å². The molecule has 0 radical (unpaired) electrons. The van der Waals surface area contributed by atoms with E-state index in [4.69, 9.17) is 9.40 Å². The summed E-state index contributed by atoms with van der Waals surface area (Å²) < 4.78 is 6.45. The highest BCUT2D eigenvalue weighted by atomic mass is 32.1. The fourth-order valence-corrected chi connectivity index (χ4v) is 4.30. The topological polar surface area (TPSA) is 58.4 Å². The SMILES string of the molecule is O=C(CN1CCCC1c1nc2ccccc2s1)NCc1ccco1. The van der Waals surface area contributed by atoms with E-state index in [2.05, 4.69) is 16.3 Å². The first-order chi connectivity index (χ1) is 11.8. The zero-order chi connectivity index (χ0) is 16.4. The molecule has 1 saturated heterocycles. The number of rotatable bonds is 5. The Morgan fingerprint density at radius 3 is 3.08 bits per heavy atom. The number of hydrogen-bond donors (Lipinski definition) is 1. The first kappa shape index (κ1) is 15.4. The molecule has 24 heavy (non-hydrogen) atoms. The van der Waals surface area contributed by atoms with Crippen LogP contribution in [0.15, 0.2) is 47.1 Å². The van der Waals surface area contributed by atoms with Gasteiger partial charge >= 0.3 is 0 Å². The zero-order valence-corrected chi connectivity index (χ0v) is 14.1. The van der Waals surface area contributed by atoms with Crippen molar-refractivity contribution < 1.29 is 9.21 Å². The van der Waals surface area contributed by atoms with Crippen LogP contribution in [0.2, 0.25) is 0 Å². The van der Waals surface area contributed by atoms with Gasteiger partial charge in [-0.05, 0) is 43.7 Å². The van der Waals surface area contributed by atoms with Crippen LogP contribution in [0.1, 0.15) is 29.7 Å². The second kappa shape index (κ2) is 6.75. The van der Waals surface area contributed by atoms with Crippen LogP contribution in [-0.4, -0.2) is 28.9 Å². The fourth-order valence-electron chi connectivity index (χ4n) is 3.17. The Bertz CT molecular complexity index is 795. The maximum absolute atomic E-state index is 12.2. The normalized spacial score (nSPS) is 18.2. The number of nitrogens with one attached hydrogen (secondary N) is 1. The molecule has 0 spiro atoms. The van der Waals surface area contributed by atoms with Crippen molar-refractivity contribution in [3.63, 3.8) is 0 Å². The summed E-state index contributed by atoms with van der Waals surface area (Å²) in [6, 6.07) is 12.1. The van der Waals surface area contributed by atoms with Crippen molar-refractivity contribution in [3.05, 3.63) is 53.4 Å². The molecule has 4 rings (SSSR count). The molecule has 1 atom stereocenters. The Kier molecular flexibility index (Phi) is 4.32. The van der Waals surface area contributed by atoms with Crippen LogP contribution in [0.25, 0.3) is 10.2 Å². The predicted octanol–water partition coefficient (Wildman–Crippen LogP) is 3.34. The Balaban J connectivity index is 1.41. The number of carbonyl (C=O) groups is 1. The molecule has 6 heteroatoms. The van der Waals surface area contributed by atoms with Gasteiger partial charge in [-0.2, -0.15) is 0 Å². The van der Waals surface area contributed by atoms with E-state index in [1.165, 1.54) is 4.70 Å². The highest BCUT2D eigenvalue weighted by molar-refractivity contribution is 7.18. The lowest BCUT2D eigenvalue weighted by Crippen LogP contribution is -2.36. The van der Waals surface area contributed by atoms with Crippen molar-refractivity contribution in [2.45, 2.75) is 25.4 Å². The maximum atomic E-state index is 12.2. The molecule has 3 aromatic rings. The van der Waals surface area contributed by atoms with Crippen LogP contribution in [0.5, 0.6) is 0 Å². The van der Waals surface area contributed by atoms with E-state index in [1.807, 2.05) is 30.3 Å². The van der Waals surface area contributed by atoms with E-state index >= 15 is 0 Å². The summed E-state index contributed by atoms with van der Waals surface area (Å²) in [6.45, 7) is 1.78. The van der Waals surface area contributed by atoms with Gasteiger partial charge in [0.05, 0.1) is 35.6 Å². The summed E-state index contributed by atoms with van der Waals surface area (Å²) in [5, 5.41) is 4.04. The number of furan rings is 1. The molecule has 5 nitrogen and oxygen atoms in total. The van der Waals surface area contributed by atoms with Crippen molar-refractivity contribution in [3.8, 4) is 0 Å². The molecular weight excluding hydrogens is 322 g/mol. The van der Waals surface area contributed by atoms with Crippen molar-refractivity contribution in [2.24, 2.45) is 0 Å². The molecule has 1 aliphatic rings. The van der Waals surface area contributed by atoms with Crippen LogP contribution in [0.3, 0.4) is 0 Å². The van der Waals surface area contributed by atoms with Crippen LogP contribution < -0.4 is 5.32 Å². The number of fused-ring (bicyclic) bond motifs is 1. The standard InChI is InChI=1S/C18H19N3O2S/c22-17(19-11-13-5-4-10-23-13)12-21-9-3-7-15(21)18-20-14-6-1-2-8-16(14)24-18/h1-2,4-6,8,10,15H,3,7,9,11-12H2,(H,19,22). The van der Waals surface area contributed by atoms with E-state index in [0.717, 1.165) is 35.7 Å². The number of thiazole rings is 1. The molecule has 2 aromatic heterocycles. The summed E-state index contributed by atoms with van der Waals surface area (Å²) in [4.78, 5) is 19.2. The molecular formula is C18H19N3O2S. The van der Waals surface area contributed by atoms with E-state index in [1.54, 1.807) is 17.6 Å². The van der Waals surface area contributed by atoms with Gasteiger partial charge in [0.25, 0.3) is 0 Å². The van der Waals surface area contributed by atoms with Crippen LogP contribution in [-0.2, 0) is 11.3 Å². The van der Waals surface area contributed by atoms with Crippen molar-refractivity contribution in [1.82, 2.24) is 15.2 Å². The van der Waals surface area contributed by atoms with Crippen LogP contribution >= 0.6 is 11.3 Å². The molecule has 1 fully saturated rings. The minimum atomic E-state index is 0.0272. The Labute approximate surface area is 144 Å². The number of benzene rings is 1. The lowest BCUT2D eigenvalue weighted by atomic mass is 10.2. The first-order valence-electron chi connectivity index (χ1n) is 8.18. The summed E-state index contributed by atoms with van der Waals surface area (Å²) in [5.74, 6) is 0.798. The summed E-state index contributed by atoms with van der Waals surface area (Å²) in [6.07, 6.45) is 3.78. The molecule has 1 aliphatic heterocycles. The summed E-state index contributed by atoms with van der Waals surface area (Å²) in [5.41, 5.74) is 1.05. The first-order valence-corrected chi connectivity index (χ1v) is 9.00. The predicted molar refractivity (Wildman–Crippen MR) is 93.7 cm³/mol. The minimum Gasteiger partial charge on any atom is -0.467 e. The van der Waals surface area contributed by atoms with Gasteiger partial charge < -0.3 is 9.73 Å². The van der Waals surface area contributed by atoms with E-state index < -0.39 is 0 Å². The highest BCUT2D eigenvalue weighted by Crippen LogP contribution is 2.36. The second-order valence-corrected chi connectivity index (χ2v) is 7.07.